The molecule has 0 unspecified atom stereocenters. The quantitative estimate of drug-likeness (QED) is 0.451. The normalized spacial score (nSPS) is 10.8. The highest BCUT2D eigenvalue weighted by Gasteiger charge is 2.12. The second-order valence-electron chi connectivity index (χ2n) is 5.70. The molecule has 0 bridgehead atoms. The average Bonchev–Trinajstić information content (AvgIpc) is 2.64. The smallest absolute Gasteiger partial charge is 0.349 e. The lowest BCUT2D eigenvalue weighted by molar-refractivity contribution is -0.139. The zero-order valence-corrected chi connectivity index (χ0v) is 14.8. The number of nitriles is 1. The molecule has 0 saturated heterocycles. The van der Waals surface area contributed by atoms with E-state index in [9.17, 15) is 14.4 Å². The number of esters is 1. The molecule has 26 heavy (non-hydrogen) atoms. The van der Waals surface area contributed by atoms with Crippen LogP contribution in [0.25, 0.3) is 6.08 Å². The molecule has 0 aliphatic carbocycles. The molecule has 2 aromatic rings. The second kappa shape index (κ2) is 8.67. The van der Waals surface area contributed by atoms with Crippen molar-refractivity contribution in [3.05, 3.63) is 65.0 Å². The minimum atomic E-state index is -0.764. The summed E-state index contributed by atoms with van der Waals surface area (Å²) in [5.74, 6) is -1.20. The highest BCUT2D eigenvalue weighted by atomic mass is 19.1. The maximum Gasteiger partial charge on any atom is 0.349 e. The lowest BCUT2D eigenvalue weighted by atomic mass is 10.1. The third-order valence-electron chi connectivity index (χ3n) is 3.65. The number of methoxy groups -OCH3 is 1. The third-order valence-corrected chi connectivity index (χ3v) is 3.65. The van der Waals surface area contributed by atoms with Crippen molar-refractivity contribution in [2.24, 2.45) is 0 Å². The summed E-state index contributed by atoms with van der Waals surface area (Å²) < 4.78 is 23.6. The van der Waals surface area contributed by atoms with Crippen LogP contribution in [0.4, 0.5) is 10.1 Å². The van der Waals surface area contributed by atoms with Crippen molar-refractivity contribution in [1.29, 1.82) is 5.26 Å². The van der Waals surface area contributed by atoms with E-state index >= 15 is 0 Å². The van der Waals surface area contributed by atoms with Crippen LogP contribution >= 0.6 is 0 Å². The van der Waals surface area contributed by atoms with Gasteiger partial charge in [0.25, 0.3) is 0 Å². The Morgan fingerprint density at radius 2 is 1.92 bits per heavy atom. The van der Waals surface area contributed by atoms with Crippen molar-refractivity contribution in [3.8, 4) is 11.8 Å². The Morgan fingerprint density at radius 1 is 1.23 bits per heavy atom. The van der Waals surface area contributed by atoms with Gasteiger partial charge in [0.1, 0.15) is 18.2 Å². The predicted molar refractivity (Wildman–Crippen MR) is 97.1 cm³/mol. The molecule has 0 aliphatic rings. The van der Waals surface area contributed by atoms with Gasteiger partial charge in [0.2, 0.25) is 0 Å². The van der Waals surface area contributed by atoms with E-state index in [4.69, 9.17) is 9.47 Å². The summed E-state index contributed by atoms with van der Waals surface area (Å²) >= 11 is 0. The van der Waals surface area contributed by atoms with Gasteiger partial charge in [0, 0.05) is 19.8 Å². The maximum atomic E-state index is 13.6. The summed E-state index contributed by atoms with van der Waals surface area (Å²) in [7, 11) is 5.21. The van der Waals surface area contributed by atoms with Crippen molar-refractivity contribution < 1.29 is 18.7 Å². The van der Waals surface area contributed by atoms with Crippen LogP contribution in [0, 0.1) is 17.1 Å². The minimum absolute atomic E-state index is 0.110. The predicted octanol–water partition coefficient (Wildman–Crippen LogP) is 3.55. The fraction of sp³-hybridized carbons (Fsp3) is 0.200. The Bertz CT molecular complexity index is 852. The number of benzene rings is 2. The molecule has 0 aliphatic heterocycles. The number of hydrogen-bond donors (Lipinski definition) is 0. The number of carbonyl (C=O) groups is 1. The Hall–Kier alpha value is -3.33. The molecule has 0 amide bonds. The van der Waals surface area contributed by atoms with Gasteiger partial charge in [-0.1, -0.05) is 18.2 Å². The minimum Gasteiger partial charge on any atom is -0.494 e. The van der Waals surface area contributed by atoms with Crippen LogP contribution in [-0.2, 0) is 16.1 Å². The van der Waals surface area contributed by atoms with Gasteiger partial charge in [-0.25, -0.2) is 9.18 Å². The van der Waals surface area contributed by atoms with Crippen LogP contribution in [0.5, 0.6) is 5.75 Å². The molecule has 0 N–H and O–H groups in total. The number of carbonyl (C=O) groups excluding carboxylic acids is 1. The number of ether oxygens (including phenoxy) is 2. The van der Waals surface area contributed by atoms with Gasteiger partial charge < -0.3 is 14.4 Å². The number of anilines is 1. The molecule has 0 fully saturated rings. The van der Waals surface area contributed by atoms with Gasteiger partial charge in [-0.2, -0.15) is 5.26 Å². The fourth-order valence-electron chi connectivity index (χ4n) is 2.20. The first kappa shape index (κ1) is 19.0. The van der Waals surface area contributed by atoms with Crippen LogP contribution in [0.1, 0.15) is 11.1 Å². The molecular formula is C20H19FN2O3. The molecule has 0 heterocycles. The molecule has 134 valence electrons. The highest BCUT2D eigenvalue weighted by molar-refractivity contribution is 5.97. The largest absolute Gasteiger partial charge is 0.494 e. The van der Waals surface area contributed by atoms with Crippen molar-refractivity contribution in [1.82, 2.24) is 0 Å². The summed E-state index contributed by atoms with van der Waals surface area (Å²) in [5.41, 5.74) is 2.05. The van der Waals surface area contributed by atoms with Gasteiger partial charge in [-0.3, -0.25) is 0 Å². The molecule has 6 heteroatoms. The van der Waals surface area contributed by atoms with Gasteiger partial charge >= 0.3 is 5.97 Å². The Morgan fingerprint density at radius 3 is 2.46 bits per heavy atom. The van der Waals surface area contributed by atoms with Crippen molar-refractivity contribution >= 4 is 17.7 Å². The Labute approximate surface area is 151 Å². The molecule has 0 spiro atoms. The van der Waals surface area contributed by atoms with Crippen LogP contribution in [-0.4, -0.2) is 27.2 Å². The van der Waals surface area contributed by atoms with Crippen LogP contribution in [0.3, 0.4) is 0 Å². The van der Waals surface area contributed by atoms with E-state index in [-0.39, 0.29) is 17.9 Å². The highest BCUT2D eigenvalue weighted by Crippen LogP contribution is 2.19. The topological polar surface area (TPSA) is 62.6 Å². The maximum absolute atomic E-state index is 13.6. The first-order valence-corrected chi connectivity index (χ1v) is 7.83. The SMILES string of the molecule is COc1ccc(COC(=O)/C(C#N)=C/c2ccc(N(C)C)cc2)cc1F. The van der Waals surface area contributed by atoms with Crippen LogP contribution in [0.2, 0.25) is 0 Å². The van der Waals surface area contributed by atoms with Gasteiger partial charge in [0.05, 0.1) is 7.11 Å². The molecule has 2 aromatic carbocycles. The zero-order chi connectivity index (χ0) is 19.1. The van der Waals surface area contributed by atoms with Crippen LogP contribution in [0.15, 0.2) is 48.0 Å². The molecule has 0 radical (unpaired) electrons. The molecule has 5 nitrogen and oxygen atoms in total. The van der Waals surface area contributed by atoms with E-state index in [0.29, 0.717) is 11.1 Å². The van der Waals surface area contributed by atoms with Crippen molar-refractivity contribution in [2.75, 3.05) is 26.1 Å². The number of nitrogens with zero attached hydrogens (tertiary/aromatic N) is 2. The first-order chi connectivity index (χ1) is 12.4. The van der Waals surface area contributed by atoms with E-state index in [1.807, 2.05) is 37.2 Å². The summed E-state index contributed by atoms with van der Waals surface area (Å²) in [6.07, 6.45) is 1.45. The van der Waals surface area contributed by atoms with E-state index in [1.54, 1.807) is 18.2 Å². The van der Waals surface area contributed by atoms with Crippen molar-refractivity contribution in [2.45, 2.75) is 6.61 Å². The molecular weight excluding hydrogens is 335 g/mol. The summed E-state index contributed by atoms with van der Waals surface area (Å²) in [4.78, 5) is 14.0. The molecule has 0 aromatic heterocycles. The standard InChI is InChI=1S/C20H19FN2O3/c1-23(2)17-7-4-14(5-8-17)10-16(12-22)20(24)26-13-15-6-9-19(25-3)18(21)11-15/h4-11H,13H2,1-3H3/b16-10+. The van der Waals surface area contributed by atoms with Crippen molar-refractivity contribution in [3.63, 3.8) is 0 Å². The summed E-state index contributed by atoms with van der Waals surface area (Å²) in [6, 6.07) is 13.5. The van der Waals surface area contributed by atoms with Crippen LogP contribution < -0.4 is 9.64 Å². The number of halogens is 1. The molecule has 0 saturated carbocycles. The van der Waals surface area contributed by atoms with Gasteiger partial charge in [-0.15, -0.1) is 0 Å². The first-order valence-electron chi connectivity index (χ1n) is 7.83. The van der Waals surface area contributed by atoms with E-state index in [1.165, 1.54) is 25.3 Å². The zero-order valence-electron chi connectivity index (χ0n) is 14.8. The second-order valence-corrected chi connectivity index (χ2v) is 5.70. The van der Waals surface area contributed by atoms with Gasteiger partial charge in [-0.05, 0) is 41.5 Å². The fourth-order valence-corrected chi connectivity index (χ4v) is 2.20. The average molecular weight is 354 g/mol. The van der Waals surface area contributed by atoms with E-state index in [2.05, 4.69) is 0 Å². The number of hydrogen-bond acceptors (Lipinski definition) is 5. The Kier molecular flexibility index (Phi) is 6.34. The molecule has 0 atom stereocenters. The number of rotatable bonds is 6. The summed E-state index contributed by atoms with van der Waals surface area (Å²) in [6.45, 7) is -0.141. The third kappa shape index (κ3) is 4.84. The Balaban J connectivity index is 2.06. The summed E-state index contributed by atoms with van der Waals surface area (Å²) in [5, 5.41) is 9.21. The molecule has 2 rings (SSSR count). The lowest BCUT2D eigenvalue weighted by Crippen LogP contribution is -2.08. The van der Waals surface area contributed by atoms with Gasteiger partial charge in [0.15, 0.2) is 11.6 Å². The lowest BCUT2D eigenvalue weighted by Gasteiger charge is -2.11. The monoisotopic (exact) mass is 354 g/mol. The van der Waals surface area contributed by atoms with E-state index in [0.717, 1.165) is 5.69 Å². The van der Waals surface area contributed by atoms with E-state index < -0.39 is 11.8 Å².